The molecule has 27 heavy (non-hydrogen) atoms. The number of thiazole rings is 1. The van der Waals surface area contributed by atoms with Gasteiger partial charge >= 0.3 is 0 Å². The van der Waals surface area contributed by atoms with Gasteiger partial charge in [0.2, 0.25) is 5.13 Å². The maximum Gasteiger partial charge on any atom is 0.207 e. The van der Waals surface area contributed by atoms with Gasteiger partial charge in [0, 0.05) is 13.3 Å². The van der Waals surface area contributed by atoms with E-state index in [1.807, 2.05) is 48.3 Å². The van der Waals surface area contributed by atoms with Crippen molar-refractivity contribution in [3.63, 3.8) is 0 Å². The molecule has 0 saturated heterocycles. The lowest BCUT2D eigenvalue weighted by Crippen LogP contribution is -2.17. The van der Waals surface area contributed by atoms with Crippen molar-refractivity contribution < 1.29 is 13.9 Å². The molecular weight excluding hydrogens is 362 g/mol. The minimum Gasteiger partial charge on any atom is -0.497 e. The summed E-state index contributed by atoms with van der Waals surface area (Å²) in [5, 5.41) is 7.38. The molecule has 0 radical (unpaired) electrons. The lowest BCUT2D eigenvalue weighted by atomic mass is 10.0. The first-order valence-electron chi connectivity index (χ1n) is 8.59. The predicted octanol–water partition coefficient (Wildman–Crippen LogP) is 4.61. The van der Waals surface area contributed by atoms with Crippen LogP contribution >= 0.6 is 11.3 Å². The molecule has 0 N–H and O–H groups in total. The van der Waals surface area contributed by atoms with Crippen molar-refractivity contribution in [2.45, 2.75) is 26.3 Å². The van der Waals surface area contributed by atoms with Gasteiger partial charge < -0.3 is 9.15 Å². The number of hydrogen-bond donors (Lipinski definition) is 0. The molecule has 7 heteroatoms. The van der Waals surface area contributed by atoms with Crippen LogP contribution in [0, 0.1) is 6.92 Å². The second kappa shape index (κ2) is 7.00. The Morgan fingerprint density at radius 2 is 2.07 bits per heavy atom. The van der Waals surface area contributed by atoms with Crippen molar-refractivity contribution in [3.05, 3.63) is 64.6 Å². The van der Waals surface area contributed by atoms with Crippen molar-refractivity contribution in [2.24, 2.45) is 5.10 Å². The number of rotatable bonds is 5. The Morgan fingerprint density at radius 3 is 2.67 bits per heavy atom. The van der Waals surface area contributed by atoms with Crippen LogP contribution in [0.1, 0.15) is 46.1 Å². The van der Waals surface area contributed by atoms with E-state index in [1.165, 1.54) is 11.3 Å². The van der Waals surface area contributed by atoms with E-state index in [1.54, 1.807) is 20.3 Å². The molecule has 0 aliphatic carbocycles. The number of hydrogen-bond acceptors (Lipinski definition) is 7. The normalized spacial score (nSPS) is 16.5. The maximum absolute atomic E-state index is 11.8. The molecule has 0 saturated carbocycles. The number of benzene rings is 1. The first-order valence-corrected chi connectivity index (χ1v) is 9.41. The van der Waals surface area contributed by atoms with Gasteiger partial charge in [0.05, 0.1) is 29.7 Å². The summed E-state index contributed by atoms with van der Waals surface area (Å²) in [6.07, 6.45) is 2.35. The van der Waals surface area contributed by atoms with Gasteiger partial charge in [0.1, 0.15) is 17.6 Å². The standard InChI is InChI=1S/C20H19N3O3S/c1-12-19(13(2)24)27-20(21-12)23-17(18-5-4-10-26-18)11-16(22-23)14-6-8-15(25-3)9-7-14/h4-10,17H,11H2,1-3H3. The second-order valence-electron chi connectivity index (χ2n) is 6.32. The van der Waals surface area contributed by atoms with E-state index in [-0.39, 0.29) is 11.8 Å². The Hall–Kier alpha value is -2.93. The zero-order chi connectivity index (χ0) is 19.0. The molecule has 138 valence electrons. The highest BCUT2D eigenvalue weighted by atomic mass is 32.1. The predicted molar refractivity (Wildman–Crippen MR) is 105 cm³/mol. The molecule has 1 unspecified atom stereocenters. The number of nitrogens with zero attached hydrogens (tertiary/aromatic N) is 3. The molecule has 0 fully saturated rings. The van der Waals surface area contributed by atoms with Crippen LogP contribution in [-0.4, -0.2) is 23.6 Å². The fourth-order valence-corrected chi connectivity index (χ4v) is 4.12. The third kappa shape index (κ3) is 3.26. The average Bonchev–Trinajstić information content (AvgIpc) is 3.40. The summed E-state index contributed by atoms with van der Waals surface area (Å²) in [5.74, 6) is 1.64. The number of carbonyl (C=O) groups is 1. The highest BCUT2D eigenvalue weighted by Crippen LogP contribution is 2.39. The first kappa shape index (κ1) is 17.5. The minimum atomic E-state index is -0.0949. The quantitative estimate of drug-likeness (QED) is 0.604. The Labute approximate surface area is 161 Å². The van der Waals surface area contributed by atoms with E-state index in [0.29, 0.717) is 16.4 Å². The SMILES string of the molecule is COc1ccc(C2=NN(c3nc(C)c(C(C)=O)s3)C(c3ccco3)C2)cc1. The van der Waals surface area contributed by atoms with E-state index in [9.17, 15) is 4.79 Å². The molecule has 3 heterocycles. The molecule has 0 bridgehead atoms. The van der Waals surface area contributed by atoms with E-state index >= 15 is 0 Å². The van der Waals surface area contributed by atoms with Crippen LogP contribution in [-0.2, 0) is 0 Å². The highest BCUT2D eigenvalue weighted by Gasteiger charge is 2.34. The average molecular weight is 381 g/mol. The number of methoxy groups -OCH3 is 1. The zero-order valence-corrected chi connectivity index (χ0v) is 16.1. The van der Waals surface area contributed by atoms with Gasteiger partial charge in [0.25, 0.3) is 0 Å². The van der Waals surface area contributed by atoms with Gasteiger partial charge in [-0.15, -0.1) is 0 Å². The Bertz CT molecular complexity index is 990. The van der Waals surface area contributed by atoms with Crippen molar-refractivity contribution in [1.82, 2.24) is 4.98 Å². The summed E-state index contributed by atoms with van der Waals surface area (Å²) in [6, 6.07) is 11.5. The number of carbonyl (C=O) groups excluding carboxylic acids is 1. The van der Waals surface area contributed by atoms with Crippen LogP contribution in [0.3, 0.4) is 0 Å². The fourth-order valence-electron chi connectivity index (χ4n) is 3.15. The third-order valence-electron chi connectivity index (χ3n) is 4.51. The van der Waals surface area contributed by atoms with Crippen molar-refractivity contribution in [1.29, 1.82) is 0 Å². The van der Waals surface area contributed by atoms with Gasteiger partial charge in [-0.1, -0.05) is 11.3 Å². The van der Waals surface area contributed by atoms with Gasteiger partial charge in [-0.25, -0.2) is 9.99 Å². The molecule has 1 aromatic carbocycles. The molecule has 1 aliphatic rings. The summed E-state index contributed by atoms with van der Waals surface area (Å²) in [5.41, 5.74) is 2.69. The Kier molecular flexibility index (Phi) is 4.53. The van der Waals surface area contributed by atoms with Crippen LogP contribution in [0.5, 0.6) is 5.75 Å². The summed E-state index contributed by atoms with van der Waals surface area (Å²) >= 11 is 1.37. The van der Waals surface area contributed by atoms with E-state index < -0.39 is 0 Å². The number of aromatic nitrogens is 1. The van der Waals surface area contributed by atoms with Crippen LogP contribution in [0.2, 0.25) is 0 Å². The molecular formula is C20H19N3O3S. The van der Waals surface area contributed by atoms with E-state index in [2.05, 4.69) is 4.98 Å². The van der Waals surface area contributed by atoms with Crippen molar-refractivity contribution in [2.75, 3.05) is 12.1 Å². The number of aryl methyl sites for hydroxylation is 1. The summed E-state index contributed by atoms with van der Waals surface area (Å²) in [7, 11) is 1.65. The number of Topliss-reactive ketones (excluding diaryl/α,β-unsaturated/α-hetero) is 1. The summed E-state index contributed by atoms with van der Waals surface area (Å²) < 4.78 is 10.9. The van der Waals surface area contributed by atoms with Crippen molar-refractivity contribution in [3.8, 4) is 5.75 Å². The number of hydrazone groups is 1. The van der Waals surface area contributed by atoms with Gasteiger partial charge in [0.15, 0.2) is 5.78 Å². The van der Waals surface area contributed by atoms with Crippen LogP contribution in [0.25, 0.3) is 0 Å². The molecule has 1 aliphatic heterocycles. The Morgan fingerprint density at radius 1 is 1.30 bits per heavy atom. The first-order chi connectivity index (χ1) is 13.1. The van der Waals surface area contributed by atoms with E-state index in [0.717, 1.165) is 28.5 Å². The Balaban J connectivity index is 1.73. The molecule has 4 rings (SSSR count). The molecule has 6 nitrogen and oxygen atoms in total. The summed E-state index contributed by atoms with van der Waals surface area (Å²) in [6.45, 7) is 3.41. The smallest absolute Gasteiger partial charge is 0.207 e. The van der Waals surface area contributed by atoms with Crippen LogP contribution in [0.15, 0.2) is 52.2 Å². The van der Waals surface area contributed by atoms with Crippen molar-refractivity contribution >= 4 is 28.0 Å². The lowest BCUT2D eigenvalue weighted by Gasteiger charge is -2.18. The van der Waals surface area contributed by atoms with Gasteiger partial charge in [-0.2, -0.15) is 5.10 Å². The number of ether oxygens (including phenoxy) is 1. The largest absolute Gasteiger partial charge is 0.497 e. The maximum atomic E-state index is 11.8. The second-order valence-corrected chi connectivity index (χ2v) is 7.30. The van der Waals surface area contributed by atoms with Gasteiger partial charge in [-0.3, -0.25) is 4.79 Å². The molecule has 1 atom stereocenters. The zero-order valence-electron chi connectivity index (χ0n) is 15.3. The number of furan rings is 1. The van der Waals surface area contributed by atoms with Crippen LogP contribution < -0.4 is 9.75 Å². The monoisotopic (exact) mass is 381 g/mol. The molecule has 2 aromatic heterocycles. The third-order valence-corrected chi connectivity index (χ3v) is 5.75. The van der Waals surface area contributed by atoms with Gasteiger partial charge in [-0.05, 0) is 48.9 Å². The van der Waals surface area contributed by atoms with Crippen LogP contribution in [0.4, 0.5) is 5.13 Å². The van der Waals surface area contributed by atoms with E-state index in [4.69, 9.17) is 14.3 Å². The topological polar surface area (TPSA) is 67.9 Å². The lowest BCUT2D eigenvalue weighted by molar-refractivity contribution is 0.102. The number of anilines is 1. The minimum absolute atomic E-state index is 0.0179. The molecule has 3 aromatic rings. The number of ketones is 1. The molecule has 0 spiro atoms. The highest BCUT2D eigenvalue weighted by molar-refractivity contribution is 7.17. The fraction of sp³-hybridized carbons (Fsp3) is 0.250. The molecule has 0 amide bonds. The summed E-state index contributed by atoms with van der Waals surface area (Å²) in [4.78, 5) is 17.1.